The lowest BCUT2D eigenvalue weighted by molar-refractivity contribution is -0.161. The number of hydrogen-bond acceptors (Lipinski definition) is 17. The van der Waals surface area contributed by atoms with E-state index < -0.39 is 41.3 Å². The Morgan fingerprint density at radius 3 is 2.33 bits per heavy atom. The van der Waals surface area contributed by atoms with Gasteiger partial charge >= 0.3 is 11.9 Å². The molecule has 5 rings (SSSR count). The van der Waals surface area contributed by atoms with Gasteiger partial charge in [-0.05, 0) is 111 Å². The van der Waals surface area contributed by atoms with Crippen LogP contribution in [0.2, 0.25) is 0 Å². The van der Waals surface area contributed by atoms with E-state index in [0.29, 0.717) is 97.3 Å². The van der Waals surface area contributed by atoms with E-state index in [1.807, 2.05) is 58.3 Å². The lowest BCUT2D eigenvalue weighted by Crippen LogP contribution is -2.57. The summed E-state index contributed by atoms with van der Waals surface area (Å²) in [6, 6.07) is 4.09. The number of ketones is 2. The summed E-state index contributed by atoms with van der Waals surface area (Å²) in [6.45, 7) is 27.5. The number of aromatic nitrogens is 3. The van der Waals surface area contributed by atoms with Gasteiger partial charge in [0.2, 0.25) is 5.82 Å². The molecule has 4 heterocycles. The number of rotatable bonds is 27. The van der Waals surface area contributed by atoms with Crippen molar-refractivity contribution < 1.29 is 52.5 Å². The van der Waals surface area contributed by atoms with Crippen molar-refractivity contribution in [2.24, 2.45) is 0 Å². The lowest BCUT2D eigenvalue weighted by atomic mass is 9.93. The summed E-state index contributed by atoms with van der Waals surface area (Å²) < 4.78 is 38.7. The van der Waals surface area contributed by atoms with E-state index in [4.69, 9.17) is 23.7 Å². The fourth-order valence-electron chi connectivity index (χ4n) is 8.84. The second-order valence-corrected chi connectivity index (χ2v) is 20.0. The van der Waals surface area contributed by atoms with Gasteiger partial charge in [0.05, 0.1) is 55.0 Å². The zero-order valence-corrected chi connectivity index (χ0v) is 45.1. The van der Waals surface area contributed by atoms with Crippen molar-refractivity contribution in [1.82, 2.24) is 28.8 Å². The summed E-state index contributed by atoms with van der Waals surface area (Å²) in [5, 5.41) is 5.86. The van der Waals surface area contributed by atoms with Crippen molar-refractivity contribution in [1.29, 1.82) is 0 Å². The Morgan fingerprint density at radius 2 is 1.69 bits per heavy atom. The molecular weight excluding hydrogens is 945 g/mol. The highest BCUT2D eigenvalue weighted by Crippen LogP contribution is 2.37. The zero-order chi connectivity index (χ0) is 52.9. The van der Waals surface area contributed by atoms with Crippen LogP contribution in [0, 0.1) is 13.8 Å². The molecular formula is C52H76N8O11S. The van der Waals surface area contributed by atoms with Gasteiger partial charge in [0, 0.05) is 60.9 Å². The number of H-pyrrole nitrogens is 1. The van der Waals surface area contributed by atoms with E-state index in [0.717, 1.165) is 31.4 Å². The SMILES string of the molecule is CCCC(C(=O)C(C)OC(C)(CC)C(C)=O)N(C[C@@H](COc1nsnc1N1CCOCC1)OC(=O)CCC(=O)Oc1ccc2c(c1)/C(=C/c1[nH]c(C)c(C(=O)NCCN(CC)CC)c1C)C(=O)N2)C(C)(C)C. The highest BCUT2D eigenvalue weighted by Gasteiger charge is 2.41. The molecule has 2 aliphatic rings. The number of morpholine rings is 1. The largest absolute Gasteiger partial charge is 0.470 e. The molecule has 0 saturated carbocycles. The minimum absolute atomic E-state index is 0.0653. The van der Waals surface area contributed by atoms with Gasteiger partial charge in [0.25, 0.3) is 17.7 Å². The van der Waals surface area contributed by atoms with Crippen LogP contribution >= 0.6 is 11.7 Å². The summed E-state index contributed by atoms with van der Waals surface area (Å²) >= 11 is 0.997. The standard InChI is InChI=1S/C52H76N8O11S/c1-13-17-42(46(64)34(7)71-52(12,14-2)35(8)61)60(51(9,10)11)30-37(31-68-50-47(56-72-57-50)59-24-26-67-27-25-59)70-44(63)21-20-43(62)69-36-18-19-40-38(28-36)39(48(65)55-40)29-41-32(5)45(33(6)54-41)49(66)53-22-23-58(15-3)16-4/h18-19,28-29,34,37,42,54H,13-17,20-27,30-31H2,1-12H3,(H,53,66)(H,55,65)/b39-29-/t34?,37-,42?,52?/m0/s1. The molecule has 2 amide bonds. The molecule has 19 nitrogen and oxygen atoms in total. The first kappa shape index (κ1) is 57.4. The number of fused-ring (bicyclic) bond motifs is 1. The van der Waals surface area contributed by atoms with E-state index in [2.05, 4.69) is 43.1 Å². The number of anilines is 2. The predicted octanol–water partition coefficient (Wildman–Crippen LogP) is 6.56. The van der Waals surface area contributed by atoms with Crippen LogP contribution in [0.15, 0.2) is 18.2 Å². The normalized spacial score (nSPS) is 16.5. The van der Waals surface area contributed by atoms with Crippen LogP contribution in [0.3, 0.4) is 0 Å². The number of nitrogens with one attached hydrogen (secondary N) is 3. The second kappa shape index (κ2) is 25.9. The van der Waals surface area contributed by atoms with Gasteiger partial charge in [-0.25, -0.2) is 0 Å². The van der Waals surface area contributed by atoms with E-state index in [1.165, 1.54) is 6.92 Å². The summed E-state index contributed by atoms with van der Waals surface area (Å²) in [4.78, 5) is 90.1. The smallest absolute Gasteiger partial charge is 0.311 e. The topological polar surface area (TPSA) is 224 Å². The van der Waals surface area contributed by atoms with Crippen molar-refractivity contribution in [3.05, 3.63) is 46.3 Å². The number of ether oxygens (including phenoxy) is 5. The third-order valence-electron chi connectivity index (χ3n) is 13.4. The lowest BCUT2D eigenvalue weighted by Gasteiger charge is -2.43. The first-order valence-corrected chi connectivity index (χ1v) is 25.9. The molecule has 1 fully saturated rings. The molecule has 3 N–H and O–H groups in total. The molecule has 72 heavy (non-hydrogen) atoms. The van der Waals surface area contributed by atoms with Gasteiger partial charge in [-0.1, -0.05) is 34.1 Å². The number of amides is 2. The fourth-order valence-corrected chi connectivity index (χ4v) is 9.36. The number of aromatic amines is 1. The van der Waals surface area contributed by atoms with Crippen molar-refractivity contribution in [2.75, 3.05) is 75.9 Å². The van der Waals surface area contributed by atoms with Crippen LogP contribution in [0.5, 0.6) is 11.6 Å². The number of esters is 2. The molecule has 0 radical (unpaired) electrons. The van der Waals surface area contributed by atoms with Crippen LogP contribution < -0.4 is 25.0 Å². The first-order chi connectivity index (χ1) is 34.1. The average Bonchev–Trinajstić information content (AvgIpc) is 4.03. The third-order valence-corrected chi connectivity index (χ3v) is 13.9. The molecule has 0 bridgehead atoms. The molecule has 3 unspecified atom stereocenters. The van der Waals surface area contributed by atoms with Gasteiger partial charge in [-0.15, -0.1) is 4.37 Å². The summed E-state index contributed by atoms with van der Waals surface area (Å²) in [5.41, 5.74) is 2.02. The average molecular weight is 1020 g/mol. The second-order valence-electron chi connectivity index (χ2n) is 19.5. The Balaban J connectivity index is 1.31. The van der Waals surface area contributed by atoms with Crippen molar-refractivity contribution >= 4 is 70.2 Å². The first-order valence-electron chi connectivity index (χ1n) is 25.2. The number of Topliss-reactive ketones (excluding diaryl/α,β-unsaturated/α-hetero) is 2. The Morgan fingerprint density at radius 1 is 1.00 bits per heavy atom. The highest BCUT2D eigenvalue weighted by molar-refractivity contribution is 6.99. The molecule has 20 heteroatoms. The molecule has 3 aromatic rings. The minimum atomic E-state index is -1.14. The minimum Gasteiger partial charge on any atom is -0.470 e. The van der Waals surface area contributed by atoms with Gasteiger partial charge < -0.3 is 49.1 Å². The zero-order valence-electron chi connectivity index (χ0n) is 44.3. The van der Waals surface area contributed by atoms with Gasteiger partial charge in [-0.2, -0.15) is 4.37 Å². The van der Waals surface area contributed by atoms with Crippen LogP contribution in [0.1, 0.15) is 134 Å². The third kappa shape index (κ3) is 14.8. The summed E-state index contributed by atoms with van der Waals surface area (Å²) in [7, 11) is 0. The molecule has 396 valence electrons. The Hall–Kier alpha value is -5.54. The van der Waals surface area contributed by atoms with Crippen molar-refractivity contribution in [3.8, 4) is 11.6 Å². The van der Waals surface area contributed by atoms with Crippen LogP contribution in [-0.4, -0.2) is 154 Å². The van der Waals surface area contributed by atoms with E-state index in [-0.39, 0.29) is 61.0 Å². The number of likely N-dealkylation sites (N-methyl/N-ethyl adjacent to an activating group) is 1. The van der Waals surface area contributed by atoms with Crippen molar-refractivity contribution in [2.45, 2.75) is 145 Å². The Kier molecular flexibility index (Phi) is 20.6. The monoisotopic (exact) mass is 1020 g/mol. The molecule has 2 aliphatic heterocycles. The maximum Gasteiger partial charge on any atom is 0.311 e. The number of aryl methyl sites for hydroxylation is 1. The number of hydrogen-bond donors (Lipinski definition) is 3. The van der Waals surface area contributed by atoms with Crippen LogP contribution in [0.25, 0.3) is 11.6 Å². The number of benzene rings is 1. The highest BCUT2D eigenvalue weighted by atomic mass is 32.1. The Labute approximate surface area is 428 Å². The molecule has 4 atom stereocenters. The molecule has 0 spiro atoms. The summed E-state index contributed by atoms with van der Waals surface area (Å²) in [5.74, 6) is -1.36. The van der Waals surface area contributed by atoms with Gasteiger partial charge in [-0.3, -0.25) is 33.7 Å². The van der Waals surface area contributed by atoms with Crippen molar-refractivity contribution in [3.63, 3.8) is 0 Å². The van der Waals surface area contributed by atoms with E-state index in [9.17, 15) is 28.8 Å². The van der Waals surface area contributed by atoms with E-state index >= 15 is 0 Å². The maximum absolute atomic E-state index is 14.4. The molecule has 0 aliphatic carbocycles. The van der Waals surface area contributed by atoms with Crippen LogP contribution in [0.4, 0.5) is 11.5 Å². The predicted molar refractivity (Wildman–Crippen MR) is 277 cm³/mol. The number of carbonyl (C=O) groups excluding carboxylic acids is 6. The molecule has 1 aromatic carbocycles. The fraction of sp³-hybridized carbons (Fsp3) is 0.615. The molecule has 2 aromatic heterocycles. The van der Waals surface area contributed by atoms with Crippen LogP contribution in [-0.2, 0) is 38.2 Å². The number of carbonyl (C=O) groups is 6. The maximum atomic E-state index is 14.4. The quantitative estimate of drug-likeness (QED) is 0.0418. The van der Waals surface area contributed by atoms with E-state index in [1.54, 1.807) is 38.1 Å². The summed E-state index contributed by atoms with van der Waals surface area (Å²) in [6.07, 6.45) is 0.656. The number of nitrogens with zero attached hydrogens (tertiary/aromatic N) is 5. The van der Waals surface area contributed by atoms with Gasteiger partial charge in [0.1, 0.15) is 30.2 Å². The van der Waals surface area contributed by atoms with Gasteiger partial charge in [0.15, 0.2) is 11.6 Å². The Bertz CT molecular complexity index is 2420. The molecule has 1 saturated heterocycles.